The molecule has 0 unspecified atom stereocenters. The Labute approximate surface area is 133 Å². The number of rotatable bonds is 4. The van der Waals surface area contributed by atoms with Crippen molar-refractivity contribution in [3.05, 3.63) is 54.6 Å². The third kappa shape index (κ3) is 3.91. The van der Waals surface area contributed by atoms with Crippen LogP contribution in [0, 0.1) is 6.92 Å². The summed E-state index contributed by atoms with van der Waals surface area (Å²) < 4.78 is 1.99. The number of carbonyl (C=O) groups is 1. The second kappa shape index (κ2) is 6.68. The lowest BCUT2D eigenvalue weighted by atomic mass is 10.1. The van der Waals surface area contributed by atoms with Crippen molar-refractivity contribution in [1.82, 2.24) is 5.32 Å². The zero-order valence-corrected chi connectivity index (χ0v) is 14.4. The Bertz CT molecular complexity index is 595. The van der Waals surface area contributed by atoms with Crippen molar-refractivity contribution in [3.63, 3.8) is 0 Å². The standard InChI is InChI=1S/C14H13Br2NOS/c1-9-3-2-4-11(13(9)16)14(18)17-8-7-10-5-6-12(15)19-10/h2-6H,7-8H2,1H3,(H,17,18). The highest BCUT2D eigenvalue weighted by Crippen LogP contribution is 2.23. The van der Waals surface area contributed by atoms with Gasteiger partial charge < -0.3 is 5.32 Å². The molecule has 0 aliphatic rings. The predicted octanol–water partition coefficient (Wildman–Crippen LogP) is 4.55. The summed E-state index contributed by atoms with van der Waals surface area (Å²) in [5.41, 5.74) is 1.75. The van der Waals surface area contributed by atoms with E-state index in [1.165, 1.54) is 4.88 Å². The second-order valence-corrected chi connectivity index (χ2v) is 7.49. The third-order valence-electron chi connectivity index (χ3n) is 2.72. The first-order chi connectivity index (χ1) is 9.08. The van der Waals surface area contributed by atoms with Crippen LogP contribution >= 0.6 is 43.2 Å². The molecular weight excluding hydrogens is 390 g/mol. The lowest BCUT2D eigenvalue weighted by Gasteiger charge is -2.07. The molecule has 2 nitrogen and oxygen atoms in total. The molecule has 1 amide bonds. The highest BCUT2D eigenvalue weighted by molar-refractivity contribution is 9.11. The van der Waals surface area contributed by atoms with Gasteiger partial charge >= 0.3 is 0 Å². The summed E-state index contributed by atoms with van der Waals surface area (Å²) in [6, 6.07) is 9.80. The number of hydrogen-bond acceptors (Lipinski definition) is 2. The maximum absolute atomic E-state index is 12.1. The molecule has 1 aromatic carbocycles. The van der Waals surface area contributed by atoms with Gasteiger partial charge in [0.05, 0.1) is 9.35 Å². The highest BCUT2D eigenvalue weighted by atomic mass is 79.9. The predicted molar refractivity (Wildman–Crippen MR) is 86.9 cm³/mol. The first-order valence-electron chi connectivity index (χ1n) is 5.85. The van der Waals surface area contributed by atoms with Gasteiger partial charge in [-0.1, -0.05) is 12.1 Å². The van der Waals surface area contributed by atoms with E-state index in [4.69, 9.17) is 0 Å². The molecule has 0 fully saturated rings. The number of carbonyl (C=O) groups excluding carboxylic acids is 1. The van der Waals surface area contributed by atoms with Crippen LogP contribution in [0.4, 0.5) is 0 Å². The van der Waals surface area contributed by atoms with Gasteiger partial charge in [-0.05, 0) is 69.0 Å². The van der Waals surface area contributed by atoms with E-state index in [0.717, 1.165) is 20.2 Å². The summed E-state index contributed by atoms with van der Waals surface area (Å²) in [6.07, 6.45) is 0.853. The van der Waals surface area contributed by atoms with Gasteiger partial charge in [-0.2, -0.15) is 0 Å². The van der Waals surface area contributed by atoms with Gasteiger partial charge in [0.2, 0.25) is 0 Å². The minimum absolute atomic E-state index is 0.0359. The van der Waals surface area contributed by atoms with E-state index in [-0.39, 0.29) is 5.91 Å². The number of thiophene rings is 1. The number of nitrogens with one attached hydrogen (secondary N) is 1. The number of aryl methyl sites for hydroxylation is 1. The fourth-order valence-corrected chi connectivity index (χ4v) is 3.63. The van der Waals surface area contributed by atoms with E-state index >= 15 is 0 Å². The molecule has 0 saturated heterocycles. The van der Waals surface area contributed by atoms with E-state index in [1.807, 2.05) is 31.2 Å². The van der Waals surface area contributed by atoms with E-state index in [1.54, 1.807) is 11.3 Å². The maximum Gasteiger partial charge on any atom is 0.252 e. The van der Waals surface area contributed by atoms with E-state index < -0.39 is 0 Å². The first kappa shape index (κ1) is 14.8. The van der Waals surface area contributed by atoms with Crippen molar-refractivity contribution in [3.8, 4) is 0 Å². The Morgan fingerprint density at radius 1 is 1.26 bits per heavy atom. The molecule has 100 valence electrons. The third-order valence-corrected chi connectivity index (χ3v) is 5.46. The Morgan fingerprint density at radius 3 is 2.74 bits per heavy atom. The Morgan fingerprint density at radius 2 is 2.05 bits per heavy atom. The Kier molecular flexibility index (Phi) is 5.19. The number of hydrogen-bond donors (Lipinski definition) is 1. The monoisotopic (exact) mass is 401 g/mol. The number of benzene rings is 1. The lowest BCUT2D eigenvalue weighted by molar-refractivity contribution is 0.0953. The average Bonchev–Trinajstić information content (AvgIpc) is 2.78. The van der Waals surface area contributed by atoms with E-state index in [2.05, 4.69) is 43.2 Å². The topological polar surface area (TPSA) is 29.1 Å². The molecule has 0 saturated carbocycles. The molecule has 5 heteroatoms. The van der Waals surface area contributed by atoms with Gasteiger partial charge in [-0.25, -0.2) is 0 Å². The van der Waals surface area contributed by atoms with Gasteiger partial charge in [0.15, 0.2) is 0 Å². The molecule has 19 heavy (non-hydrogen) atoms. The van der Waals surface area contributed by atoms with Crippen LogP contribution in [0.15, 0.2) is 38.6 Å². The van der Waals surface area contributed by atoms with Crippen molar-refractivity contribution in [2.45, 2.75) is 13.3 Å². The van der Waals surface area contributed by atoms with Gasteiger partial charge in [-0.3, -0.25) is 4.79 Å². The number of halogens is 2. The van der Waals surface area contributed by atoms with Crippen LogP contribution in [0.1, 0.15) is 20.8 Å². The minimum Gasteiger partial charge on any atom is -0.352 e. The molecule has 0 atom stereocenters. The molecule has 1 heterocycles. The molecule has 2 aromatic rings. The second-order valence-electron chi connectivity index (χ2n) is 4.15. The van der Waals surface area contributed by atoms with Crippen molar-refractivity contribution < 1.29 is 4.79 Å². The first-order valence-corrected chi connectivity index (χ1v) is 8.25. The smallest absolute Gasteiger partial charge is 0.252 e. The van der Waals surface area contributed by atoms with Crippen molar-refractivity contribution in [1.29, 1.82) is 0 Å². The Balaban J connectivity index is 1.93. The molecular formula is C14H13Br2NOS. The van der Waals surface area contributed by atoms with Crippen LogP contribution in [0.3, 0.4) is 0 Å². The zero-order chi connectivity index (χ0) is 13.8. The molecule has 1 N–H and O–H groups in total. The quantitative estimate of drug-likeness (QED) is 0.798. The summed E-state index contributed by atoms with van der Waals surface area (Å²) in [5, 5.41) is 2.95. The molecule has 0 aliphatic heterocycles. The SMILES string of the molecule is Cc1cccc(C(=O)NCCc2ccc(Br)s2)c1Br. The summed E-state index contributed by atoms with van der Waals surface area (Å²) in [7, 11) is 0. The minimum atomic E-state index is -0.0359. The van der Waals surface area contributed by atoms with Gasteiger partial charge in [0.1, 0.15) is 0 Å². The van der Waals surface area contributed by atoms with E-state index in [9.17, 15) is 4.79 Å². The van der Waals surface area contributed by atoms with Crippen LogP contribution in [-0.2, 0) is 6.42 Å². The lowest BCUT2D eigenvalue weighted by Crippen LogP contribution is -2.25. The molecule has 0 spiro atoms. The van der Waals surface area contributed by atoms with Crippen LogP contribution in [0.5, 0.6) is 0 Å². The fourth-order valence-electron chi connectivity index (χ4n) is 1.70. The highest BCUT2D eigenvalue weighted by Gasteiger charge is 2.10. The summed E-state index contributed by atoms with van der Waals surface area (Å²) >= 11 is 8.59. The summed E-state index contributed by atoms with van der Waals surface area (Å²) in [5.74, 6) is -0.0359. The normalized spacial score (nSPS) is 10.5. The molecule has 0 aliphatic carbocycles. The number of amides is 1. The molecule has 0 bridgehead atoms. The Hall–Kier alpha value is -0.650. The van der Waals surface area contributed by atoms with Crippen LogP contribution in [-0.4, -0.2) is 12.5 Å². The molecule has 1 aromatic heterocycles. The largest absolute Gasteiger partial charge is 0.352 e. The van der Waals surface area contributed by atoms with Crippen molar-refractivity contribution >= 4 is 49.1 Å². The van der Waals surface area contributed by atoms with Crippen LogP contribution in [0.25, 0.3) is 0 Å². The van der Waals surface area contributed by atoms with Crippen LogP contribution < -0.4 is 5.32 Å². The van der Waals surface area contributed by atoms with Crippen molar-refractivity contribution in [2.75, 3.05) is 6.54 Å². The summed E-state index contributed by atoms with van der Waals surface area (Å²) in [6.45, 7) is 2.62. The fraction of sp³-hybridized carbons (Fsp3) is 0.214. The molecule has 2 rings (SSSR count). The van der Waals surface area contributed by atoms with Gasteiger partial charge in [0.25, 0.3) is 5.91 Å². The molecule has 0 radical (unpaired) electrons. The van der Waals surface area contributed by atoms with Gasteiger partial charge in [0, 0.05) is 15.9 Å². The maximum atomic E-state index is 12.1. The average molecular weight is 403 g/mol. The zero-order valence-electron chi connectivity index (χ0n) is 10.4. The van der Waals surface area contributed by atoms with Crippen LogP contribution in [0.2, 0.25) is 0 Å². The van der Waals surface area contributed by atoms with E-state index in [0.29, 0.717) is 12.1 Å². The van der Waals surface area contributed by atoms with Crippen molar-refractivity contribution in [2.24, 2.45) is 0 Å². The van der Waals surface area contributed by atoms with Gasteiger partial charge in [-0.15, -0.1) is 11.3 Å². The summed E-state index contributed by atoms with van der Waals surface area (Å²) in [4.78, 5) is 13.3.